The molecule has 0 radical (unpaired) electrons. The Morgan fingerprint density at radius 3 is 2.25 bits per heavy atom. The summed E-state index contributed by atoms with van der Waals surface area (Å²) >= 11 is 0. The first-order valence-electron chi connectivity index (χ1n) is 4.69. The number of nitrogens with two attached hydrogens (primary N) is 1. The highest BCUT2D eigenvalue weighted by Gasteiger charge is 2.40. The van der Waals surface area contributed by atoms with E-state index in [1.165, 1.54) is 26.2 Å². The molecule has 3 N–H and O–H groups in total. The molecule has 0 saturated carbocycles. The smallest absolute Gasteiger partial charge is 0.215 e. The van der Waals surface area contributed by atoms with Gasteiger partial charge < -0.3 is 5.11 Å². The molecular formula is C9H15N3O3S. The van der Waals surface area contributed by atoms with Gasteiger partial charge in [0, 0.05) is 12.4 Å². The number of aryl methyl sites for hydroxylation is 1. The van der Waals surface area contributed by atoms with Gasteiger partial charge >= 0.3 is 0 Å². The molecule has 16 heavy (non-hydrogen) atoms. The molecule has 0 amide bonds. The number of nitrogens with zero attached hydrogens (tertiary/aromatic N) is 2. The van der Waals surface area contributed by atoms with Crippen molar-refractivity contribution < 1.29 is 13.5 Å². The molecule has 6 nitrogen and oxygen atoms in total. The number of primary sulfonamides is 1. The maximum atomic E-state index is 11.2. The van der Waals surface area contributed by atoms with E-state index in [1.54, 1.807) is 6.92 Å². The maximum Gasteiger partial charge on any atom is 0.215 e. The van der Waals surface area contributed by atoms with Crippen LogP contribution in [-0.4, -0.2) is 28.7 Å². The summed E-state index contributed by atoms with van der Waals surface area (Å²) in [5, 5.41) is 13.9. The molecule has 0 fully saturated rings. The lowest BCUT2D eigenvalue weighted by molar-refractivity contribution is 0.0469. The van der Waals surface area contributed by atoms with Crippen molar-refractivity contribution in [3.05, 3.63) is 23.8 Å². The Labute approximate surface area is 94.6 Å². The van der Waals surface area contributed by atoms with Crippen LogP contribution in [0, 0.1) is 6.92 Å². The van der Waals surface area contributed by atoms with Gasteiger partial charge in [-0.2, -0.15) is 0 Å². The second-order valence-corrected chi connectivity index (χ2v) is 5.85. The van der Waals surface area contributed by atoms with Gasteiger partial charge in [0.1, 0.15) is 10.9 Å². The fourth-order valence-corrected chi connectivity index (χ4v) is 1.90. The molecule has 0 spiro atoms. The van der Waals surface area contributed by atoms with E-state index in [1.807, 2.05) is 0 Å². The summed E-state index contributed by atoms with van der Waals surface area (Å²) in [4.78, 5) is 7.81. The van der Waals surface area contributed by atoms with Gasteiger partial charge in [-0.25, -0.2) is 23.5 Å². The minimum atomic E-state index is -3.85. The molecule has 0 unspecified atom stereocenters. The normalized spacial score (nSPS) is 17.8. The van der Waals surface area contributed by atoms with Crippen LogP contribution in [0.1, 0.15) is 25.2 Å². The van der Waals surface area contributed by atoms with Crippen LogP contribution in [-0.2, 0) is 15.6 Å². The maximum absolute atomic E-state index is 11.2. The van der Waals surface area contributed by atoms with Gasteiger partial charge in [0.05, 0.1) is 0 Å². The predicted octanol–water partition coefficient (Wildman–Crippen LogP) is -0.330. The van der Waals surface area contributed by atoms with Crippen LogP contribution < -0.4 is 5.14 Å². The Morgan fingerprint density at radius 1 is 1.44 bits per heavy atom. The summed E-state index contributed by atoms with van der Waals surface area (Å²) in [5.74, 6) is 0.0413. The third-order valence-corrected chi connectivity index (χ3v) is 3.96. The molecule has 0 aromatic carbocycles. The molecule has 1 rings (SSSR count). The third-order valence-electron chi connectivity index (χ3n) is 2.52. The standard InChI is InChI=1S/C9H15N3O3S/c1-6-4-11-8(12-5-6)9(3,13)7(2)16(10,14)15/h4-5,7,13H,1-3H3,(H2,10,14,15)/t7-,9-/m1/s1. The molecule has 0 bridgehead atoms. The van der Waals surface area contributed by atoms with Crippen molar-refractivity contribution >= 4 is 10.0 Å². The second-order valence-electron chi connectivity index (χ2n) is 3.96. The lowest BCUT2D eigenvalue weighted by Gasteiger charge is -2.26. The number of aromatic nitrogens is 2. The van der Waals surface area contributed by atoms with E-state index in [-0.39, 0.29) is 5.82 Å². The monoisotopic (exact) mass is 245 g/mol. The van der Waals surface area contributed by atoms with Crippen molar-refractivity contribution in [3.63, 3.8) is 0 Å². The van der Waals surface area contributed by atoms with Crippen molar-refractivity contribution in [1.29, 1.82) is 0 Å². The van der Waals surface area contributed by atoms with Crippen LogP contribution in [0.15, 0.2) is 12.4 Å². The second kappa shape index (κ2) is 4.08. The SMILES string of the molecule is Cc1cnc([C@](C)(O)[C@@H](C)S(N)(=O)=O)nc1. The fourth-order valence-electron chi connectivity index (χ4n) is 1.16. The first-order valence-corrected chi connectivity index (χ1v) is 6.29. The van der Waals surface area contributed by atoms with Crippen LogP contribution in [0.5, 0.6) is 0 Å². The van der Waals surface area contributed by atoms with E-state index in [0.717, 1.165) is 5.56 Å². The van der Waals surface area contributed by atoms with Crippen molar-refractivity contribution in [2.24, 2.45) is 5.14 Å². The molecule has 0 saturated heterocycles. The minimum absolute atomic E-state index is 0.0413. The minimum Gasteiger partial charge on any atom is -0.381 e. The summed E-state index contributed by atoms with van der Waals surface area (Å²) in [6, 6.07) is 0. The zero-order chi connectivity index (χ0) is 12.6. The van der Waals surface area contributed by atoms with E-state index in [0.29, 0.717) is 0 Å². The zero-order valence-electron chi connectivity index (χ0n) is 9.38. The summed E-state index contributed by atoms with van der Waals surface area (Å²) in [5.41, 5.74) is -0.885. The number of aliphatic hydroxyl groups is 1. The molecule has 7 heteroatoms. The fraction of sp³-hybridized carbons (Fsp3) is 0.556. The summed E-state index contributed by atoms with van der Waals surface area (Å²) in [6.07, 6.45) is 3.01. The van der Waals surface area contributed by atoms with Gasteiger partial charge in [-0.1, -0.05) is 0 Å². The Hall–Kier alpha value is -1.05. The van der Waals surface area contributed by atoms with Crippen molar-refractivity contribution in [2.45, 2.75) is 31.6 Å². The van der Waals surface area contributed by atoms with Crippen LogP contribution >= 0.6 is 0 Å². The zero-order valence-corrected chi connectivity index (χ0v) is 10.2. The van der Waals surface area contributed by atoms with Crippen LogP contribution in [0.3, 0.4) is 0 Å². The van der Waals surface area contributed by atoms with Gasteiger partial charge in [-0.3, -0.25) is 0 Å². The van der Waals surface area contributed by atoms with Gasteiger partial charge in [0.2, 0.25) is 10.0 Å². The highest BCUT2D eigenvalue weighted by atomic mass is 32.2. The van der Waals surface area contributed by atoms with E-state index in [2.05, 4.69) is 9.97 Å². The molecule has 0 aliphatic carbocycles. The average molecular weight is 245 g/mol. The highest BCUT2D eigenvalue weighted by molar-refractivity contribution is 7.89. The molecule has 2 atom stereocenters. The van der Waals surface area contributed by atoms with E-state index in [4.69, 9.17) is 5.14 Å². The Bertz CT molecular complexity index is 467. The van der Waals surface area contributed by atoms with E-state index in [9.17, 15) is 13.5 Å². The number of sulfonamides is 1. The van der Waals surface area contributed by atoms with Gasteiger partial charge in [0.15, 0.2) is 5.82 Å². The van der Waals surface area contributed by atoms with Crippen molar-refractivity contribution in [2.75, 3.05) is 0 Å². The number of hydrogen-bond acceptors (Lipinski definition) is 5. The van der Waals surface area contributed by atoms with Crippen LogP contribution in [0.25, 0.3) is 0 Å². The summed E-state index contributed by atoms with van der Waals surface area (Å²) in [6.45, 7) is 4.44. The predicted molar refractivity (Wildman–Crippen MR) is 58.9 cm³/mol. The third kappa shape index (κ3) is 2.55. The van der Waals surface area contributed by atoms with Crippen molar-refractivity contribution in [1.82, 2.24) is 9.97 Å². The molecule has 90 valence electrons. The lowest BCUT2D eigenvalue weighted by atomic mass is 10.0. The lowest BCUT2D eigenvalue weighted by Crippen LogP contribution is -2.44. The summed E-state index contributed by atoms with van der Waals surface area (Å²) in [7, 11) is -3.85. The van der Waals surface area contributed by atoms with Crippen molar-refractivity contribution in [3.8, 4) is 0 Å². The van der Waals surface area contributed by atoms with E-state index < -0.39 is 20.9 Å². The molecule has 1 aromatic rings. The Balaban J connectivity index is 3.16. The molecule has 0 aliphatic heterocycles. The molecular weight excluding hydrogens is 230 g/mol. The Kier molecular flexibility index (Phi) is 3.32. The highest BCUT2D eigenvalue weighted by Crippen LogP contribution is 2.24. The van der Waals surface area contributed by atoms with Gasteiger partial charge in [-0.15, -0.1) is 0 Å². The molecule has 0 aliphatic rings. The van der Waals surface area contributed by atoms with Crippen LogP contribution in [0.4, 0.5) is 0 Å². The van der Waals surface area contributed by atoms with Gasteiger partial charge in [-0.05, 0) is 26.3 Å². The molecule has 1 heterocycles. The molecule has 1 aromatic heterocycles. The topological polar surface area (TPSA) is 106 Å². The van der Waals surface area contributed by atoms with Crippen LogP contribution in [0.2, 0.25) is 0 Å². The number of rotatable bonds is 3. The van der Waals surface area contributed by atoms with Gasteiger partial charge in [0.25, 0.3) is 0 Å². The summed E-state index contributed by atoms with van der Waals surface area (Å²) < 4.78 is 22.4. The quantitative estimate of drug-likeness (QED) is 0.758. The van der Waals surface area contributed by atoms with E-state index >= 15 is 0 Å². The first kappa shape index (κ1) is 13.0. The largest absolute Gasteiger partial charge is 0.381 e. The first-order chi connectivity index (χ1) is 7.15. The Morgan fingerprint density at radius 2 is 1.88 bits per heavy atom. The average Bonchev–Trinajstić information content (AvgIpc) is 2.16. The number of hydrogen-bond donors (Lipinski definition) is 2.